The maximum absolute atomic E-state index is 5.78. The molecule has 0 aliphatic heterocycles. The van der Waals surface area contributed by atoms with Crippen molar-refractivity contribution in [2.24, 2.45) is 5.92 Å². The number of nitrogen functional groups attached to an aromatic ring is 1. The molecule has 0 heterocycles. The van der Waals surface area contributed by atoms with Gasteiger partial charge in [-0.1, -0.05) is 39.3 Å². The predicted molar refractivity (Wildman–Crippen MR) is 83.3 cm³/mol. The smallest absolute Gasteiger partial charge is 0.0314 e. The minimum absolute atomic E-state index is 0.188. The Morgan fingerprint density at radius 1 is 1.21 bits per heavy atom. The predicted octanol–water partition coefficient (Wildman–Crippen LogP) is 3.67. The van der Waals surface area contributed by atoms with Crippen LogP contribution in [0.5, 0.6) is 0 Å². The fourth-order valence-corrected chi connectivity index (χ4v) is 2.93. The Kier molecular flexibility index (Phi) is 4.51. The lowest BCUT2D eigenvalue weighted by atomic mass is 9.82. The largest absolute Gasteiger partial charge is 0.399 e. The molecule has 0 saturated heterocycles. The molecule has 0 unspecified atom stereocenters. The Bertz CT molecular complexity index is 390. The molecule has 0 aromatic heterocycles. The summed E-state index contributed by atoms with van der Waals surface area (Å²) in [6.45, 7) is 10.5. The normalized spacial score (nSPS) is 16.6. The van der Waals surface area contributed by atoms with E-state index < -0.39 is 0 Å². The topological polar surface area (TPSA) is 29.3 Å². The second-order valence-electron chi connectivity index (χ2n) is 6.63. The summed E-state index contributed by atoms with van der Waals surface area (Å²) in [6, 6.07) is 8.37. The highest BCUT2D eigenvalue weighted by atomic mass is 15.1. The number of hydrogen-bond donors (Lipinski definition) is 1. The fraction of sp³-hybridized carbons (Fsp3) is 0.647. The molecule has 2 N–H and O–H groups in total. The van der Waals surface area contributed by atoms with E-state index in [-0.39, 0.29) is 5.41 Å². The molecule has 2 nitrogen and oxygen atoms in total. The Morgan fingerprint density at radius 2 is 1.84 bits per heavy atom. The molecule has 1 fully saturated rings. The lowest BCUT2D eigenvalue weighted by molar-refractivity contribution is 0.160. The van der Waals surface area contributed by atoms with Crippen LogP contribution >= 0.6 is 0 Å². The van der Waals surface area contributed by atoms with Gasteiger partial charge >= 0.3 is 0 Å². The van der Waals surface area contributed by atoms with Crippen molar-refractivity contribution in [3.8, 4) is 0 Å². The summed E-state index contributed by atoms with van der Waals surface area (Å²) in [7, 11) is 0. The first-order valence-corrected chi connectivity index (χ1v) is 7.59. The van der Waals surface area contributed by atoms with E-state index >= 15 is 0 Å². The van der Waals surface area contributed by atoms with Gasteiger partial charge in [-0.05, 0) is 43.0 Å². The minimum atomic E-state index is 0.188. The summed E-state index contributed by atoms with van der Waals surface area (Å²) < 4.78 is 0. The van der Waals surface area contributed by atoms with Gasteiger partial charge in [0.25, 0.3) is 0 Å². The van der Waals surface area contributed by atoms with Crippen LogP contribution in [-0.4, -0.2) is 24.5 Å². The molecule has 2 heteroatoms. The van der Waals surface area contributed by atoms with Crippen molar-refractivity contribution in [1.29, 1.82) is 0 Å². The summed E-state index contributed by atoms with van der Waals surface area (Å²) >= 11 is 0. The fourth-order valence-electron chi connectivity index (χ4n) is 2.93. The van der Waals surface area contributed by atoms with E-state index in [2.05, 4.69) is 37.8 Å². The molecule has 1 aliphatic rings. The van der Waals surface area contributed by atoms with Crippen LogP contribution in [0, 0.1) is 5.92 Å². The number of likely N-dealkylation sites (N-methyl/N-ethyl adjacent to an activating group) is 1. The van der Waals surface area contributed by atoms with Gasteiger partial charge in [0.2, 0.25) is 0 Å². The Labute approximate surface area is 118 Å². The van der Waals surface area contributed by atoms with Crippen LogP contribution in [0.4, 0.5) is 5.69 Å². The summed E-state index contributed by atoms with van der Waals surface area (Å²) in [6.07, 6.45) is 4.29. The van der Waals surface area contributed by atoms with Crippen molar-refractivity contribution in [2.75, 3.05) is 25.4 Å². The zero-order valence-corrected chi connectivity index (χ0v) is 12.7. The first kappa shape index (κ1) is 14.4. The van der Waals surface area contributed by atoms with Gasteiger partial charge in [0.05, 0.1) is 0 Å². The Hall–Kier alpha value is -1.02. The molecule has 1 aromatic rings. The van der Waals surface area contributed by atoms with Crippen molar-refractivity contribution >= 4 is 5.69 Å². The monoisotopic (exact) mass is 260 g/mol. The lowest BCUT2D eigenvalue weighted by Gasteiger charge is -2.37. The van der Waals surface area contributed by atoms with Crippen LogP contribution in [0.25, 0.3) is 0 Å². The van der Waals surface area contributed by atoms with Crippen LogP contribution in [0.15, 0.2) is 24.3 Å². The number of benzene rings is 1. The van der Waals surface area contributed by atoms with Gasteiger partial charge in [-0.25, -0.2) is 0 Å². The van der Waals surface area contributed by atoms with Crippen LogP contribution in [-0.2, 0) is 5.41 Å². The van der Waals surface area contributed by atoms with Crippen molar-refractivity contribution < 1.29 is 0 Å². The Balaban J connectivity index is 1.99. The minimum Gasteiger partial charge on any atom is -0.399 e. The van der Waals surface area contributed by atoms with E-state index in [0.717, 1.165) is 24.7 Å². The van der Waals surface area contributed by atoms with Gasteiger partial charge < -0.3 is 10.6 Å². The maximum atomic E-state index is 5.78. The molecule has 2 rings (SSSR count). The maximum Gasteiger partial charge on any atom is 0.0314 e. The Morgan fingerprint density at radius 3 is 2.32 bits per heavy atom. The highest BCUT2D eigenvalue weighted by Gasteiger charge is 2.26. The van der Waals surface area contributed by atoms with E-state index in [1.807, 2.05) is 12.1 Å². The molecule has 106 valence electrons. The molecule has 1 aliphatic carbocycles. The van der Waals surface area contributed by atoms with E-state index in [0.29, 0.717) is 0 Å². The molecule has 1 saturated carbocycles. The van der Waals surface area contributed by atoms with Gasteiger partial charge in [0, 0.05) is 24.2 Å². The summed E-state index contributed by atoms with van der Waals surface area (Å²) in [5, 5.41) is 0. The average molecular weight is 260 g/mol. The standard InChI is InChI=1S/C17H28N2/c1-4-19(12-14-6-5-7-14)13-17(2,3)15-8-10-16(18)11-9-15/h8-11,14H,4-7,12-13,18H2,1-3H3. The third-order valence-corrected chi connectivity index (χ3v) is 4.50. The first-order valence-electron chi connectivity index (χ1n) is 7.59. The summed E-state index contributed by atoms with van der Waals surface area (Å²) in [5.74, 6) is 0.946. The third kappa shape index (κ3) is 3.73. The molecule has 0 atom stereocenters. The molecular formula is C17H28N2. The quantitative estimate of drug-likeness (QED) is 0.791. The highest BCUT2D eigenvalue weighted by molar-refractivity contribution is 5.41. The van der Waals surface area contributed by atoms with Crippen molar-refractivity contribution in [3.63, 3.8) is 0 Å². The van der Waals surface area contributed by atoms with Crippen molar-refractivity contribution in [3.05, 3.63) is 29.8 Å². The molecule has 0 amide bonds. The molecule has 0 spiro atoms. The number of anilines is 1. The van der Waals surface area contributed by atoms with Gasteiger partial charge in [-0.15, -0.1) is 0 Å². The van der Waals surface area contributed by atoms with Gasteiger partial charge in [0.1, 0.15) is 0 Å². The second kappa shape index (κ2) is 5.96. The van der Waals surface area contributed by atoms with Crippen LogP contribution in [0.2, 0.25) is 0 Å². The molecule has 1 aromatic carbocycles. The highest BCUT2D eigenvalue weighted by Crippen LogP contribution is 2.30. The van der Waals surface area contributed by atoms with Crippen LogP contribution in [0.1, 0.15) is 45.6 Å². The summed E-state index contributed by atoms with van der Waals surface area (Å²) in [4.78, 5) is 2.61. The van der Waals surface area contributed by atoms with Crippen LogP contribution in [0.3, 0.4) is 0 Å². The SMILES string of the molecule is CCN(CC1CCC1)CC(C)(C)c1ccc(N)cc1. The third-order valence-electron chi connectivity index (χ3n) is 4.50. The molecule has 19 heavy (non-hydrogen) atoms. The molecular weight excluding hydrogens is 232 g/mol. The van der Waals surface area contributed by atoms with E-state index in [4.69, 9.17) is 5.73 Å². The van der Waals surface area contributed by atoms with Crippen LogP contribution < -0.4 is 5.73 Å². The van der Waals surface area contributed by atoms with E-state index in [9.17, 15) is 0 Å². The molecule has 0 radical (unpaired) electrons. The average Bonchev–Trinajstić information content (AvgIpc) is 2.32. The number of nitrogens with zero attached hydrogens (tertiary/aromatic N) is 1. The summed E-state index contributed by atoms with van der Waals surface area (Å²) in [5.41, 5.74) is 8.20. The van der Waals surface area contributed by atoms with Crippen molar-refractivity contribution in [1.82, 2.24) is 4.90 Å². The van der Waals surface area contributed by atoms with Gasteiger partial charge in [-0.3, -0.25) is 0 Å². The second-order valence-corrected chi connectivity index (χ2v) is 6.63. The zero-order chi connectivity index (χ0) is 13.9. The first-order chi connectivity index (χ1) is 9.01. The number of rotatable bonds is 6. The van der Waals surface area contributed by atoms with Gasteiger partial charge in [-0.2, -0.15) is 0 Å². The van der Waals surface area contributed by atoms with Crippen molar-refractivity contribution in [2.45, 2.75) is 45.4 Å². The number of nitrogens with two attached hydrogens (primary N) is 1. The molecule has 0 bridgehead atoms. The van der Waals surface area contributed by atoms with E-state index in [1.54, 1.807) is 0 Å². The zero-order valence-electron chi connectivity index (χ0n) is 12.7. The van der Waals surface area contributed by atoms with Gasteiger partial charge in [0.15, 0.2) is 0 Å². The lowest BCUT2D eigenvalue weighted by Crippen LogP contribution is -2.40. The number of hydrogen-bond acceptors (Lipinski definition) is 2. The van der Waals surface area contributed by atoms with E-state index in [1.165, 1.54) is 31.4 Å².